The zero-order valence-electron chi connectivity index (χ0n) is 10.9. The maximum absolute atomic E-state index is 11.8. The van der Waals surface area contributed by atoms with E-state index in [1.165, 1.54) is 0 Å². The van der Waals surface area contributed by atoms with Crippen LogP contribution < -0.4 is 11.1 Å². The third-order valence-corrected chi connectivity index (χ3v) is 4.43. The topological polar surface area (TPSA) is 64.3 Å². The van der Waals surface area contributed by atoms with Gasteiger partial charge in [-0.1, -0.05) is 30.3 Å². The third-order valence-electron chi connectivity index (χ3n) is 4.43. The fraction of sp³-hybridized carbons (Fsp3) is 0.533. The van der Waals surface area contributed by atoms with Gasteiger partial charge in [0.05, 0.1) is 0 Å². The lowest BCUT2D eigenvalue weighted by Crippen LogP contribution is -2.42. The second-order valence-electron chi connectivity index (χ2n) is 5.70. The molecule has 3 N–H and O–H groups in total. The van der Waals surface area contributed by atoms with Crippen LogP contribution in [0.4, 0.5) is 4.79 Å². The largest absolute Gasteiger partial charge is 0.445 e. The molecule has 3 rings (SSSR count). The van der Waals surface area contributed by atoms with Crippen molar-refractivity contribution in [2.45, 2.75) is 38.0 Å². The summed E-state index contributed by atoms with van der Waals surface area (Å²) in [5, 5.41) is 2.98. The Morgan fingerprint density at radius 3 is 2.63 bits per heavy atom. The first-order chi connectivity index (χ1) is 9.22. The molecule has 102 valence electrons. The molecule has 0 saturated heterocycles. The van der Waals surface area contributed by atoms with Crippen molar-refractivity contribution in [1.29, 1.82) is 0 Å². The summed E-state index contributed by atoms with van der Waals surface area (Å²) in [6.07, 6.45) is 2.89. The molecule has 4 atom stereocenters. The highest BCUT2D eigenvalue weighted by Gasteiger charge is 2.44. The lowest BCUT2D eigenvalue weighted by atomic mass is 9.92. The minimum atomic E-state index is -0.310. The van der Waals surface area contributed by atoms with Gasteiger partial charge in [-0.15, -0.1) is 0 Å². The van der Waals surface area contributed by atoms with Crippen LogP contribution in [0.15, 0.2) is 30.3 Å². The fourth-order valence-electron chi connectivity index (χ4n) is 3.41. The molecule has 4 nitrogen and oxygen atoms in total. The molecule has 2 aliphatic carbocycles. The molecular formula is C15H20N2O2. The van der Waals surface area contributed by atoms with Gasteiger partial charge in [0.2, 0.25) is 0 Å². The summed E-state index contributed by atoms with van der Waals surface area (Å²) in [7, 11) is 0. The molecule has 19 heavy (non-hydrogen) atoms. The summed E-state index contributed by atoms with van der Waals surface area (Å²) in [6.45, 7) is 0.326. The first-order valence-corrected chi connectivity index (χ1v) is 6.95. The number of nitrogens with two attached hydrogens (primary N) is 1. The highest BCUT2D eigenvalue weighted by Crippen LogP contribution is 2.43. The van der Waals surface area contributed by atoms with E-state index in [0.717, 1.165) is 24.8 Å². The quantitative estimate of drug-likeness (QED) is 0.874. The van der Waals surface area contributed by atoms with Crippen molar-refractivity contribution in [1.82, 2.24) is 5.32 Å². The molecular weight excluding hydrogens is 240 g/mol. The molecule has 2 aliphatic rings. The molecule has 0 spiro atoms. The summed E-state index contributed by atoms with van der Waals surface area (Å²) in [4.78, 5) is 11.8. The van der Waals surface area contributed by atoms with E-state index >= 15 is 0 Å². The molecule has 0 aromatic heterocycles. The number of hydrogen-bond donors (Lipinski definition) is 2. The van der Waals surface area contributed by atoms with Crippen LogP contribution >= 0.6 is 0 Å². The third kappa shape index (κ3) is 2.73. The standard InChI is InChI=1S/C15H20N2O2/c16-13-7-12-6-11(13)8-14(12)17-15(18)19-9-10-4-2-1-3-5-10/h1-5,11-14H,6-9,16H2,(H,17,18). The van der Waals surface area contributed by atoms with Crippen LogP contribution in [0.25, 0.3) is 0 Å². The van der Waals surface area contributed by atoms with E-state index in [2.05, 4.69) is 5.32 Å². The second-order valence-corrected chi connectivity index (χ2v) is 5.70. The van der Waals surface area contributed by atoms with Crippen LogP contribution in [0.1, 0.15) is 24.8 Å². The highest BCUT2D eigenvalue weighted by molar-refractivity contribution is 5.67. The number of benzene rings is 1. The van der Waals surface area contributed by atoms with Gasteiger partial charge in [-0.3, -0.25) is 0 Å². The lowest BCUT2D eigenvalue weighted by Gasteiger charge is -2.26. The zero-order valence-corrected chi connectivity index (χ0v) is 10.9. The average Bonchev–Trinajstić information content (AvgIpc) is 2.96. The molecule has 1 amide bonds. The summed E-state index contributed by atoms with van der Waals surface area (Å²) >= 11 is 0. The zero-order chi connectivity index (χ0) is 13.2. The molecule has 0 radical (unpaired) electrons. The molecule has 0 heterocycles. The summed E-state index contributed by atoms with van der Waals surface area (Å²) in [6, 6.07) is 10.3. The number of amides is 1. The van der Waals surface area contributed by atoms with E-state index in [0.29, 0.717) is 24.5 Å². The molecule has 1 aromatic rings. The SMILES string of the molecule is NC1CC2CC1CC2NC(=O)OCc1ccccc1. The first kappa shape index (κ1) is 12.5. The number of fused-ring (bicyclic) bond motifs is 2. The van der Waals surface area contributed by atoms with Crippen LogP contribution in [-0.2, 0) is 11.3 Å². The molecule has 0 aliphatic heterocycles. The van der Waals surface area contributed by atoms with Crippen molar-refractivity contribution in [2.75, 3.05) is 0 Å². The van der Waals surface area contributed by atoms with E-state index in [9.17, 15) is 4.79 Å². The maximum atomic E-state index is 11.8. The predicted molar refractivity (Wildman–Crippen MR) is 72.4 cm³/mol. The Balaban J connectivity index is 1.45. The van der Waals surface area contributed by atoms with Gasteiger partial charge in [0.25, 0.3) is 0 Å². The van der Waals surface area contributed by atoms with Crippen LogP contribution in [0.5, 0.6) is 0 Å². The van der Waals surface area contributed by atoms with Gasteiger partial charge in [0, 0.05) is 12.1 Å². The van der Waals surface area contributed by atoms with Crippen molar-refractivity contribution in [3.8, 4) is 0 Å². The van der Waals surface area contributed by atoms with Gasteiger partial charge in [-0.05, 0) is 36.7 Å². The minimum absolute atomic E-state index is 0.257. The molecule has 2 saturated carbocycles. The van der Waals surface area contributed by atoms with Crippen molar-refractivity contribution in [3.63, 3.8) is 0 Å². The molecule has 2 bridgehead atoms. The molecule has 1 aromatic carbocycles. The summed E-state index contributed by atoms with van der Waals surface area (Å²) < 4.78 is 5.24. The normalized spacial score (nSPS) is 32.3. The number of alkyl carbamates (subject to hydrolysis) is 1. The number of nitrogens with one attached hydrogen (secondary N) is 1. The number of carbonyl (C=O) groups excluding carboxylic acids is 1. The smallest absolute Gasteiger partial charge is 0.407 e. The van der Waals surface area contributed by atoms with Crippen molar-refractivity contribution >= 4 is 6.09 Å². The summed E-state index contributed by atoms with van der Waals surface area (Å²) in [5.74, 6) is 1.13. The van der Waals surface area contributed by atoms with Gasteiger partial charge in [-0.2, -0.15) is 0 Å². The Hall–Kier alpha value is -1.55. The van der Waals surface area contributed by atoms with Crippen LogP contribution in [0, 0.1) is 11.8 Å². The number of ether oxygens (including phenoxy) is 1. The van der Waals surface area contributed by atoms with E-state index in [1.54, 1.807) is 0 Å². The van der Waals surface area contributed by atoms with Crippen molar-refractivity contribution in [2.24, 2.45) is 17.6 Å². The Morgan fingerprint density at radius 1 is 1.21 bits per heavy atom. The Bertz CT molecular complexity index is 447. The lowest BCUT2D eigenvalue weighted by molar-refractivity contribution is 0.131. The van der Waals surface area contributed by atoms with Crippen LogP contribution in [0.2, 0.25) is 0 Å². The first-order valence-electron chi connectivity index (χ1n) is 6.95. The van der Waals surface area contributed by atoms with Gasteiger partial charge < -0.3 is 15.8 Å². The van der Waals surface area contributed by atoms with Crippen LogP contribution in [0.3, 0.4) is 0 Å². The van der Waals surface area contributed by atoms with E-state index in [-0.39, 0.29) is 12.1 Å². The average molecular weight is 260 g/mol. The number of rotatable bonds is 3. The van der Waals surface area contributed by atoms with Gasteiger partial charge in [0.1, 0.15) is 6.61 Å². The minimum Gasteiger partial charge on any atom is -0.445 e. The molecule has 2 fully saturated rings. The number of carbonyl (C=O) groups is 1. The number of hydrogen-bond acceptors (Lipinski definition) is 3. The predicted octanol–water partition coefficient (Wildman–Crippen LogP) is 2.04. The second kappa shape index (κ2) is 5.21. The highest BCUT2D eigenvalue weighted by atomic mass is 16.5. The fourth-order valence-corrected chi connectivity index (χ4v) is 3.41. The van der Waals surface area contributed by atoms with Gasteiger partial charge in [0.15, 0.2) is 0 Å². The van der Waals surface area contributed by atoms with E-state index in [4.69, 9.17) is 10.5 Å². The van der Waals surface area contributed by atoms with E-state index in [1.807, 2.05) is 30.3 Å². The monoisotopic (exact) mass is 260 g/mol. The van der Waals surface area contributed by atoms with E-state index < -0.39 is 0 Å². The van der Waals surface area contributed by atoms with Gasteiger partial charge in [-0.25, -0.2) is 4.79 Å². The van der Waals surface area contributed by atoms with Gasteiger partial charge >= 0.3 is 6.09 Å². The maximum Gasteiger partial charge on any atom is 0.407 e. The Morgan fingerprint density at radius 2 is 2.00 bits per heavy atom. The molecule has 4 heteroatoms. The molecule has 4 unspecified atom stereocenters. The Kier molecular flexibility index (Phi) is 3.42. The Labute approximate surface area is 113 Å². The van der Waals surface area contributed by atoms with Crippen molar-refractivity contribution in [3.05, 3.63) is 35.9 Å². The van der Waals surface area contributed by atoms with Crippen molar-refractivity contribution < 1.29 is 9.53 Å². The van der Waals surface area contributed by atoms with Crippen LogP contribution in [-0.4, -0.2) is 18.2 Å². The summed E-state index contributed by atoms with van der Waals surface area (Å²) in [5.41, 5.74) is 7.01.